The Labute approximate surface area is 183 Å². The summed E-state index contributed by atoms with van der Waals surface area (Å²) in [7, 11) is 0. The number of nitrogens with zero attached hydrogens (tertiary/aromatic N) is 3. The third-order valence-electron chi connectivity index (χ3n) is 4.89. The van der Waals surface area contributed by atoms with Crippen molar-refractivity contribution in [2.45, 2.75) is 13.5 Å². The number of carbonyl (C=O) groups excluding carboxylic acids is 1. The topological polar surface area (TPSA) is 101 Å². The van der Waals surface area contributed by atoms with Crippen LogP contribution in [-0.2, 0) is 11.4 Å². The van der Waals surface area contributed by atoms with Gasteiger partial charge < -0.3 is 15.0 Å². The molecule has 32 heavy (non-hydrogen) atoms. The number of amides is 1. The Morgan fingerprint density at radius 3 is 2.78 bits per heavy atom. The van der Waals surface area contributed by atoms with E-state index in [0.717, 1.165) is 16.6 Å². The first-order valence-corrected chi connectivity index (χ1v) is 9.99. The molecule has 0 radical (unpaired) electrons. The van der Waals surface area contributed by atoms with Crippen LogP contribution in [0.5, 0.6) is 0 Å². The molecule has 3 aromatic heterocycles. The van der Waals surface area contributed by atoms with E-state index >= 15 is 0 Å². The molecule has 0 aliphatic heterocycles. The van der Waals surface area contributed by atoms with Gasteiger partial charge in [0.2, 0.25) is 0 Å². The minimum Gasteiger partial charge on any atom is -0.394 e. The fraction of sp³-hybridized carbons (Fsp3) is 0.174. The molecule has 0 aliphatic rings. The van der Waals surface area contributed by atoms with Crippen LogP contribution >= 0.6 is 0 Å². The van der Waals surface area contributed by atoms with E-state index in [1.165, 1.54) is 6.07 Å². The van der Waals surface area contributed by atoms with Gasteiger partial charge in [-0.2, -0.15) is 0 Å². The molecule has 0 unspecified atom stereocenters. The van der Waals surface area contributed by atoms with Gasteiger partial charge in [-0.1, -0.05) is 12.1 Å². The number of halogens is 1. The molecular weight excluding hydrogens is 413 g/mol. The standard InChI is InChI=1S/C23H22FN5O3/c1-15-4-5-19(18(24)11-15)27-21-17-13-26-8-6-20(17)29(14-16-3-2-7-25-12-16)22(21)23(31)28-32-10-9-30/h2-8,11-13,27,30H,9-10,14H2,1H3,(H,28,31). The fourth-order valence-electron chi connectivity index (χ4n) is 3.47. The molecule has 8 nitrogen and oxygen atoms in total. The first-order chi connectivity index (χ1) is 15.6. The average molecular weight is 435 g/mol. The van der Waals surface area contributed by atoms with Crippen molar-refractivity contribution in [3.8, 4) is 0 Å². The number of benzene rings is 1. The van der Waals surface area contributed by atoms with Gasteiger partial charge in [0.15, 0.2) is 0 Å². The minimum absolute atomic E-state index is 0.0640. The minimum atomic E-state index is -0.548. The van der Waals surface area contributed by atoms with Gasteiger partial charge in [-0.05, 0) is 42.3 Å². The van der Waals surface area contributed by atoms with E-state index in [9.17, 15) is 9.18 Å². The van der Waals surface area contributed by atoms with Gasteiger partial charge in [0.25, 0.3) is 5.91 Å². The molecule has 0 fully saturated rings. The van der Waals surface area contributed by atoms with Gasteiger partial charge in [-0.3, -0.25) is 19.6 Å². The molecule has 164 valence electrons. The maximum atomic E-state index is 14.6. The molecule has 0 saturated heterocycles. The van der Waals surface area contributed by atoms with Gasteiger partial charge >= 0.3 is 0 Å². The van der Waals surface area contributed by atoms with Crippen LogP contribution in [0.2, 0.25) is 0 Å². The van der Waals surface area contributed by atoms with Gasteiger partial charge in [0.05, 0.1) is 30.1 Å². The van der Waals surface area contributed by atoms with Crippen molar-refractivity contribution in [2.24, 2.45) is 0 Å². The van der Waals surface area contributed by atoms with Crippen LogP contribution in [0, 0.1) is 12.7 Å². The second-order valence-electron chi connectivity index (χ2n) is 7.18. The summed E-state index contributed by atoms with van der Waals surface area (Å²) in [5.41, 5.74) is 5.58. The molecule has 3 heterocycles. The van der Waals surface area contributed by atoms with Gasteiger partial charge in [-0.15, -0.1) is 0 Å². The number of carbonyl (C=O) groups is 1. The summed E-state index contributed by atoms with van der Waals surface area (Å²) in [5, 5.41) is 12.7. The van der Waals surface area contributed by atoms with E-state index in [1.807, 2.05) is 12.1 Å². The molecule has 4 aromatic rings. The Morgan fingerprint density at radius 2 is 2.03 bits per heavy atom. The average Bonchev–Trinajstić information content (AvgIpc) is 3.10. The van der Waals surface area contributed by atoms with Crippen LogP contribution in [0.4, 0.5) is 15.8 Å². The number of aromatic nitrogens is 3. The van der Waals surface area contributed by atoms with Crippen LogP contribution in [-0.4, -0.2) is 38.8 Å². The van der Waals surface area contributed by atoms with E-state index in [2.05, 4.69) is 20.8 Å². The monoisotopic (exact) mass is 435 g/mol. The Balaban J connectivity index is 1.86. The Hall–Kier alpha value is -3.82. The van der Waals surface area contributed by atoms with Crippen molar-refractivity contribution < 1.29 is 19.1 Å². The number of hydroxylamine groups is 1. The van der Waals surface area contributed by atoms with Crippen molar-refractivity contribution in [3.63, 3.8) is 0 Å². The third kappa shape index (κ3) is 4.43. The lowest BCUT2D eigenvalue weighted by Gasteiger charge is -2.14. The lowest BCUT2D eigenvalue weighted by molar-refractivity contribution is 0.0163. The summed E-state index contributed by atoms with van der Waals surface area (Å²) in [6, 6.07) is 10.3. The number of anilines is 2. The molecular formula is C23H22FN5O3. The largest absolute Gasteiger partial charge is 0.394 e. The zero-order valence-corrected chi connectivity index (χ0v) is 17.4. The van der Waals surface area contributed by atoms with E-state index < -0.39 is 11.7 Å². The molecule has 0 bridgehead atoms. The van der Waals surface area contributed by atoms with E-state index in [1.54, 1.807) is 54.5 Å². The number of aliphatic hydroxyl groups is 1. The van der Waals surface area contributed by atoms with E-state index in [-0.39, 0.29) is 24.6 Å². The number of hydrogen-bond donors (Lipinski definition) is 3. The van der Waals surface area contributed by atoms with Crippen LogP contribution in [0.15, 0.2) is 61.2 Å². The Kier molecular flexibility index (Phi) is 6.39. The number of nitrogens with one attached hydrogen (secondary N) is 2. The van der Waals surface area contributed by atoms with Crippen molar-refractivity contribution in [3.05, 3.63) is 83.8 Å². The molecule has 0 spiro atoms. The number of aryl methyl sites for hydroxylation is 1. The summed E-state index contributed by atoms with van der Waals surface area (Å²) in [6.45, 7) is 1.83. The third-order valence-corrected chi connectivity index (χ3v) is 4.89. The zero-order chi connectivity index (χ0) is 22.5. The molecule has 0 saturated carbocycles. The van der Waals surface area contributed by atoms with Crippen LogP contribution in [0.1, 0.15) is 21.6 Å². The number of rotatable bonds is 8. The predicted octanol–water partition coefficient (Wildman–Crippen LogP) is 3.32. The predicted molar refractivity (Wildman–Crippen MR) is 118 cm³/mol. The number of aliphatic hydroxyl groups excluding tert-OH is 1. The highest BCUT2D eigenvalue weighted by Gasteiger charge is 2.24. The molecule has 0 atom stereocenters. The molecule has 4 rings (SSSR count). The van der Waals surface area contributed by atoms with Gasteiger partial charge in [-0.25, -0.2) is 9.87 Å². The van der Waals surface area contributed by atoms with Crippen molar-refractivity contribution in [2.75, 3.05) is 18.5 Å². The number of pyridine rings is 2. The van der Waals surface area contributed by atoms with Gasteiger partial charge in [0, 0.05) is 36.7 Å². The molecule has 1 aromatic carbocycles. The van der Waals surface area contributed by atoms with Crippen molar-refractivity contribution >= 4 is 28.2 Å². The Morgan fingerprint density at radius 1 is 1.19 bits per heavy atom. The second-order valence-corrected chi connectivity index (χ2v) is 7.18. The summed E-state index contributed by atoms with van der Waals surface area (Å²) in [4.78, 5) is 26.5. The van der Waals surface area contributed by atoms with Crippen molar-refractivity contribution in [1.82, 2.24) is 20.0 Å². The number of fused-ring (bicyclic) bond motifs is 1. The van der Waals surface area contributed by atoms with Crippen molar-refractivity contribution in [1.29, 1.82) is 0 Å². The molecule has 3 N–H and O–H groups in total. The Bertz CT molecular complexity index is 1240. The summed E-state index contributed by atoms with van der Waals surface area (Å²) in [5.74, 6) is -0.988. The summed E-state index contributed by atoms with van der Waals surface area (Å²) < 4.78 is 16.4. The first-order valence-electron chi connectivity index (χ1n) is 9.99. The maximum absolute atomic E-state index is 14.6. The van der Waals surface area contributed by atoms with E-state index in [0.29, 0.717) is 17.6 Å². The van der Waals surface area contributed by atoms with Gasteiger partial charge in [0.1, 0.15) is 11.5 Å². The molecule has 1 amide bonds. The van der Waals surface area contributed by atoms with Crippen LogP contribution in [0.25, 0.3) is 10.9 Å². The van der Waals surface area contributed by atoms with Crippen LogP contribution in [0.3, 0.4) is 0 Å². The lowest BCUT2D eigenvalue weighted by Crippen LogP contribution is -2.28. The smallest absolute Gasteiger partial charge is 0.293 e. The second kappa shape index (κ2) is 9.54. The maximum Gasteiger partial charge on any atom is 0.293 e. The highest BCUT2D eigenvalue weighted by Crippen LogP contribution is 2.34. The fourth-order valence-corrected chi connectivity index (χ4v) is 3.47. The highest BCUT2D eigenvalue weighted by atomic mass is 19.1. The van der Waals surface area contributed by atoms with Crippen LogP contribution < -0.4 is 10.8 Å². The summed E-state index contributed by atoms with van der Waals surface area (Å²) >= 11 is 0. The number of hydrogen-bond acceptors (Lipinski definition) is 6. The lowest BCUT2D eigenvalue weighted by atomic mass is 10.2. The summed E-state index contributed by atoms with van der Waals surface area (Å²) in [6.07, 6.45) is 6.63. The first kappa shape index (κ1) is 21.4. The normalized spacial score (nSPS) is 11.0. The highest BCUT2D eigenvalue weighted by molar-refractivity contribution is 6.09. The SMILES string of the molecule is Cc1ccc(Nc2c(C(=O)NOCCO)n(Cc3cccnc3)c3ccncc23)c(F)c1. The van der Waals surface area contributed by atoms with E-state index in [4.69, 9.17) is 9.94 Å². The molecule has 9 heteroatoms. The molecule has 0 aliphatic carbocycles. The zero-order valence-electron chi connectivity index (χ0n) is 17.4. The quantitative estimate of drug-likeness (QED) is 0.290.